The molecule has 1 heterocycles. The molecule has 0 radical (unpaired) electrons. The summed E-state index contributed by atoms with van der Waals surface area (Å²) in [5.41, 5.74) is 0. The average molecular weight is 388 g/mol. The van der Waals surface area contributed by atoms with Crippen molar-refractivity contribution in [1.29, 1.82) is 0 Å². The van der Waals surface area contributed by atoms with Gasteiger partial charge in [0.15, 0.2) is 0 Å². The zero-order valence-corrected chi connectivity index (χ0v) is 20.4. The first-order valence-electron chi connectivity index (χ1n) is 10.8. The average Bonchev–Trinajstić information content (AvgIpc) is 2.72. The van der Waals surface area contributed by atoms with Gasteiger partial charge in [-0.1, -0.05) is 60.1 Å². The minimum atomic E-state index is 0.858. The lowest BCUT2D eigenvalue weighted by Crippen LogP contribution is -2.32. The second-order valence-electron chi connectivity index (χ2n) is 4.69. The maximum Gasteiger partial charge on any atom is 0.0642 e. The fourth-order valence-corrected chi connectivity index (χ4v) is 1.24. The molecule has 4 nitrogen and oxygen atoms in total. The Balaban J connectivity index is -0.0000000860. The SMILES string of the molecule is C=CC.CC.CC.CC=CNCC.CCC.CCNC=CN1CCOCC1. The first kappa shape index (κ1) is 36.5. The van der Waals surface area contributed by atoms with Gasteiger partial charge in [0.05, 0.1) is 13.2 Å². The third-order valence-corrected chi connectivity index (χ3v) is 2.14. The Hall–Kier alpha value is -1.42. The van der Waals surface area contributed by atoms with Crippen molar-refractivity contribution in [3.63, 3.8) is 0 Å². The van der Waals surface area contributed by atoms with Crippen LogP contribution in [0.2, 0.25) is 0 Å². The van der Waals surface area contributed by atoms with Crippen LogP contribution in [0.4, 0.5) is 0 Å². The van der Waals surface area contributed by atoms with Gasteiger partial charge >= 0.3 is 0 Å². The predicted octanol–water partition coefficient (Wildman–Crippen LogP) is 6.19. The molecule has 1 rings (SSSR count). The highest BCUT2D eigenvalue weighted by Crippen LogP contribution is 1.95. The van der Waals surface area contributed by atoms with Gasteiger partial charge in [-0.3, -0.25) is 0 Å². The van der Waals surface area contributed by atoms with Crippen molar-refractivity contribution in [2.75, 3.05) is 39.4 Å². The summed E-state index contributed by atoms with van der Waals surface area (Å²) in [6.07, 6.45) is 11.0. The summed E-state index contributed by atoms with van der Waals surface area (Å²) in [6.45, 7) is 29.4. The molecule has 1 fully saturated rings. The number of allylic oxidation sites excluding steroid dienone is 2. The molecule has 0 amide bonds. The third kappa shape index (κ3) is 59.0. The van der Waals surface area contributed by atoms with E-state index in [1.165, 1.54) is 6.42 Å². The van der Waals surface area contributed by atoms with E-state index >= 15 is 0 Å². The van der Waals surface area contributed by atoms with E-state index in [1.807, 2.05) is 60.0 Å². The Morgan fingerprint density at radius 3 is 1.52 bits per heavy atom. The number of morpholine rings is 1. The molecule has 1 aliphatic heterocycles. The van der Waals surface area contributed by atoms with Crippen LogP contribution in [0.5, 0.6) is 0 Å². The van der Waals surface area contributed by atoms with Crippen LogP contribution >= 0.6 is 0 Å². The van der Waals surface area contributed by atoms with Crippen LogP contribution in [-0.4, -0.2) is 44.3 Å². The molecule has 0 aromatic rings. The van der Waals surface area contributed by atoms with Crippen molar-refractivity contribution in [3.8, 4) is 0 Å². The van der Waals surface area contributed by atoms with Crippen molar-refractivity contribution >= 4 is 0 Å². The van der Waals surface area contributed by atoms with Gasteiger partial charge in [0.2, 0.25) is 0 Å². The minimum Gasteiger partial charge on any atom is -0.391 e. The number of ether oxygens (including phenoxy) is 1. The van der Waals surface area contributed by atoms with Gasteiger partial charge in [0.25, 0.3) is 0 Å². The molecule has 0 saturated carbocycles. The van der Waals surface area contributed by atoms with E-state index in [0.29, 0.717) is 0 Å². The molecule has 0 aromatic carbocycles. The first-order chi connectivity index (χ1) is 13.2. The second kappa shape index (κ2) is 49.7. The molecule has 2 N–H and O–H groups in total. The zero-order valence-electron chi connectivity index (χ0n) is 20.4. The molecule has 0 atom stereocenters. The first-order valence-corrected chi connectivity index (χ1v) is 10.8. The molecule has 0 unspecified atom stereocenters. The minimum absolute atomic E-state index is 0.858. The number of nitrogens with one attached hydrogen (secondary N) is 2. The van der Waals surface area contributed by atoms with Crippen molar-refractivity contribution in [2.24, 2.45) is 0 Å². The van der Waals surface area contributed by atoms with Gasteiger partial charge in [-0.05, 0) is 33.9 Å². The van der Waals surface area contributed by atoms with Crippen LogP contribution in [0.1, 0.15) is 75.7 Å². The summed E-state index contributed by atoms with van der Waals surface area (Å²) in [5, 5.41) is 6.15. The van der Waals surface area contributed by atoms with E-state index in [9.17, 15) is 0 Å². The Labute approximate surface area is 173 Å². The van der Waals surface area contributed by atoms with E-state index in [-0.39, 0.29) is 0 Å². The van der Waals surface area contributed by atoms with E-state index in [4.69, 9.17) is 4.74 Å². The van der Waals surface area contributed by atoms with Crippen LogP contribution in [-0.2, 0) is 4.74 Å². The van der Waals surface area contributed by atoms with E-state index < -0.39 is 0 Å². The summed E-state index contributed by atoms with van der Waals surface area (Å²) in [7, 11) is 0. The van der Waals surface area contributed by atoms with Crippen LogP contribution in [0.25, 0.3) is 0 Å². The smallest absolute Gasteiger partial charge is 0.0642 e. The van der Waals surface area contributed by atoms with Crippen LogP contribution in [0, 0.1) is 0 Å². The standard InChI is InChI=1S/C8H16N2O.C5H11N.C3H8.C3H6.2C2H6/c1-2-9-3-4-10-5-7-11-8-6-10;1-3-5-6-4-2;2*1-3-2;2*1-2/h3-4,9H,2,5-8H2,1H3;3,5-6H,4H2,1-2H3;3H2,1-2H3;3H,1H2,2H3;2*1-2H3. The quantitative estimate of drug-likeness (QED) is 0.551. The Bertz CT molecular complexity index is 248. The molecule has 1 aliphatic rings. The van der Waals surface area contributed by atoms with Gasteiger partial charge in [-0.2, -0.15) is 0 Å². The molecule has 0 bridgehead atoms. The van der Waals surface area contributed by atoms with Gasteiger partial charge in [0, 0.05) is 38.6 Å². The third-order valence-electron chi connectivity index (χ3n) is 2.14. The highest BCUT2D eigenvalue weighted by atomic mass is 16.5. The van der Waals surface area contributed by atoms with Gasteiger partial charge < -0.3 is 20.3 Å². The Kier molecular flexibility index (Phi) is 67.2. The molecular weight excluding hydrogens is 334 g/mol. The molecule has 0 aliphatic carbocycles. The van der Waals surface area contributed by atoms with Crippen LogP contribution in [0.3, 0.4) is 0 Å². The monoisotopic (exact) mass is 387 g/mol. The summed E-state index contributed by atoms with van der Waals surface area (Å²) in [5.74, 6) is 0. The maximum absolute atomic E-state index is 5.21. The number of hydrogen-bond donors (Lipinski definition) is 2. The number of rotatable bonds is 5. The van der Waals surface area contributed by atoms with Gasteiger partial charge in [0.1, 0.15) is 0 Å². The molecule has 1 saturated heterocycles. The Morgan fingerprint density at radius 2 is 1.22 bits per heavy atom. The van der Waals surface area contributed by atoms with Crippen molar-refractivity contribution in [1.82, 2.24) is 15.5 Å². The summed E-state index contributed by atoms with van der Waals surface area (Å²) < 4.78 is 5.21. The fourth-order valence-electron chi connectivity index (χ4n) is 1.24. The lowest BCUT2D eigenvalue weighted by atomic mass is 10.4. The van der Waals surface area contributed by atoms with Crippen LogP contribution in [0.15, 0.2) is 37.3 Å². The number of hydrogen-bond acceptors (Lipinski definition) is 4. The maximum atomic E-state index is 5.21. The summed E-state index contributed by atoms with van der Waals surface area (Å²) in [6, 6.07) is 0. The molecule has 27 heavy (non-hydrogen) atoms. The normalized spacial score (nSPS) is 11.6. The van der Waals surface area contributed by atoms with E-state index in [1.54, 1.807) is 6.08 Å². The molecule has 166 valence electrons. The largest absolute Gasteiger partial charge is 0.391 e. The zero-order chi connectivity index (χ0) is 22.2. The van der Waals surface area contributed by atoms with Gasteiger partial charge in [-0.15, -0.1) is 6.58 Å². The summed E-state index contributed by atoms with van der Waals surface area (Å²) in [4.78, 5) is 2.26. The van der Waals surface area contributed by atoms with E-state index in [2.05, 4.69) is 56.0 Å². The fraction of sp³-hybridized carbons (Fsp3) is 0.739. The van der Waals surface area contributed by atoms with Crippen molar-refractivity contribution < 1.29 is 4.74 Å². The predicted molar refractivity (Wildman–Crippen MR) is 128 cm³/mol. The highest BCUT2D eigenvalue weighted by Gasteiger charge is 2.04. The lowest BCUT2D eigenvalue weighted by Gasteiger charge is -2.24. The second-order valence-corrected chi connectivity index (χ2v) is 4.69. The van der Waals surface area contributed by atoms with Crippen molar-refractivity contribution in [3.05, 3.63) is 37.3 Å². The molecule has 0 spiro atoms. The highest BCUT2D eigenvalue weighted by molar-refractivity contribution is 4.81. The number of nitrogens with zero attached hydrogens (tertiary/aromatic N) is 1. The molecule has 0 aromatic heterocycles. The lowest BCUT2D eigenvalue weighted by molar-refractivity contribution is 0.0592. The van der Waals surface area contributed by atoms with Crippen molar-refractivity contribution in [2.45, 2.75) is 75.7 Å². The molecular formula is C23H53N3O. The Morgan fingerprint density at radius 1 is 0.852 bits per heavy atom. The van der Waals surface area contributed by atoms with E-state index in [0.717, 1.165) is 39.4 Å². The molecule has 4 heteroatoms. The topological polar surface area (TPSA) is 36.5 Å². The van der Waals surface area contributed by atoms with Crippen LogP contribution < -0.4 is 10.6 Å². The van der Waals surface area contributed by atoms with Gasteiger partial charge in [-0.25, -0.2) is 0 Å². The summed E-state index contributed by atoms with van der Waals surface area (Å²) >= 11 is 0.